The number of fused-ring (bicyclic) bond motifs is 1. The van der Waals surface area contributed by atoms with Crippen molar-refractivity contribution in [1.29, 1.82) is 0 Å². The van der Waals surface area contributed by atoms with E-state index in [9.17, 15) is 9.59 Å². The standard InChI is InChI=1S/C11H10BrNO3/c1-16-11(15)8-5-10(14)13-9-4-6(12)2-3-7(8)9/h2-4,8H,5H2,1H3,(H,13,14). The predicted molar refractivity (Wildman–Crippen MR) is 62.1 cm³/mol. The third-order valence-corrected chi connectivity index (χ3v) is 3.03. The molecule has 1 aromatic carbocycles. The molecule has 1 amide bonds. The smallest absolute Gasteiger partial charge is 0.313 e. The molecule has 1 heterocycles. The minimum Gasteiger partial charge on any atom is -0.469 e. The molecule has 0 radical (unpaired) electrons. The molecule has 1 N–H and O–H groups in total. The van der Waals surface area contributed by atoms with Crippen LogP contribution in [0.15, 0.2) is 22.7 Å². The molecule has 0 bridgehead atoms. The van der Waals surface area contributed by atoms with Crippen molar-refractivity contribution in [1.82, 2.24) is 0 Å². The van der Waals surface area contributed by atoms with Gasteiger partial charge in [-0.3, -0.25) is 9.59 Å². The summed E-state index contributed by atoms with van der Waals surface area (Å²) in [6, 6.07) is 5.44. The summed E-state index contributed by atoms with van der Waals surface area (Å²) in [6.45, 7) is 0. The van der Waals surface area contributed by atoms with Crippen LogP contribution in [0, 0.1) is 0 Å². The molecular weight excluding hydrogens is 274 g/mol. The van der Waals surface area contributed by atoms with Crippen LogP contribution in [0.2, 0.25) is 0 Å². The maximum Gasteiger partial charge on any atom is 0.313 e. The average Bonchev–Trinajstić information content (AvgIpc) is 2.26. The molecule has 0 spiro atoms. The Bertz CT molecular complexity index is 459. The summed E-state index contributed by atoms with van der Waals surface area (Å²) in [5.74, 6) is -1.04. The largest absolute Gasteiger partial charge is 0.469 e. The van der Waals surface area contributed by atoms with Crippen LogP contribution in [0.1, 0.15) is 17.9 Å². The quantitative estimate of drug-likeness (QED) is 0.803. The Morgan fingerprint density at radius 3 is 3.00 bits per heavy atom. The molecule has 0 fully saturated rings. The first-order valence-corrected chi connectivity index (χ1v) is 5.58. The van der Waals surface area contributed by atoms with Crippen LogP contribution < -0.4 is 5.32 Å². The maximum absolute atomic E-state index is 11.5. The molecule has 0 aliphatic carbocycles. The van der Waals surface area contributed by atoms with E-state index < -0.39 is 5.92 Å². The van der Waals surface area contributed by atoms with Crippen molar-refractivity contribution < 1.29 is 14.3 Å². The van der Waals surface area contributed by atoms with E-state index in [1.165, 1.54) is 7.11 Å². The monoisotopic (exact) mass is 283 g/mol. The van der Waals surface area contributed by atoms with Gasteiger partial charge in [0.1, 0.15) is 0 Å². The molecule has 0 saturated carbocycles. The number of carbonyl (C=O) groups excluding carboxylic acids is 2. The van der Waals surface area contributed by atoms with Crippen LogP contribution >= 0.6 is 15.9 Å². The number of rotatable bonds is 1. The molecule has 16 heavy (non-hydrogen) atoms. The second-order valence-corrected chi connectivity index (χ2v) is 4.48. The normalized spacial score (nSPS) is 18.6. The van der Waals surface area contributed by atoms with Crippen molar-refractivity contribution in [2.24, 2.45) is 0 Å². The minimum absolute atomic E-state index is 0.140. The zero-order valence-corrected chi connectivity index (χ0v) is 10.2. The number of amides is 1. The lowest BCUT2D eigenvalue weighted by atomic mass is 9.91. The first-order chi connectivity index (χ1) is 7.61. The summed E-state index contributed by atoms with van der Waals surface area (Å²) in [6.07, 6.45) is 0.140. The van der Waals surface area contributed by atoms with Crippen LogP contribution in [0.5, 0.6) is 0 Å². The Morgan fingerprint density at radius 2 is 2.31 bits per heavy atom. The molecule has 1 atom stereocenters. The highest BCUT2D eigenvalue weighted by Crippen LogP contribution is 2.34. The van der Waals surface area contributed by atoms with E-state index in [0.29, 0.717) is 5.69 Å². The van der Waals surface area contributed by atoms with Gasteiger partial charge in [0.25, 0.3) is 0 Å². The molecule has 5 heteroatoms. The van der Waals surface area contributed by atoms with Crippen molar-refractivity contribution in [2.45, 2.75) is 12.3 Å². The van der Waals surface area contributed by atoms with Gasteiger partial charge in [0.05, 0.1) is 13.0 Å². The van der Waals surface area contributed by atoms with Crippen molar-refractivity contribution in [3.8, 4) is 0 Å². The minimum atomic E-state index is -0.498. The molecule has 84 valence electrons. The van der Waals surface area contributed by atoms with Crippen LogP contribution in [0.25, 0.3) is 0 Å². The molecule has 0 saturated heterocycles. The van der Waals surface area contributed by atoms with E-state index >= 15 is 0 Å². The Hall–Kier alpha value is -1.36. The summed E-state index contributed by atoms with van der Waals surface area (Å²) in [4.78, 5) is 23.0. The van der Waals surface area contributed by atoms with Crippen LogP contribution in [-0.4, -0.2) is 19.0 Å². The van der Waals surface area contributed by atoms with E-state index in [1.54, 1.807) is 6.07 Å². The van der Waals surface area contributed by atoms with E-state index in [-0.39, 0.29) is 18.3 Å². The summed E-state index contributed by atoms with van der Waals surface area (Å²) in [5, 5.41) is 2.73. The fourth-order valence-corrected chi connectivity index (χ4v) is 2.15. The SMILES string of the molecule is COC(=O)C1CC(=O)Nc2cc(Br)ccc21. The van der Waals surface area contributed by atoms with Gasteiger partial charge in [0.2, 0.25) is 5.91 Å². The third-order valence-electron chi connectivity index (χ3n) is 2.54. The molecule has 1 aliphatic rings. The maximum atomic E-state index is 11.5. The lowest BCUT2D eigenvalue weighted by Crippen LogP contribution is -2.28. The molecule has 1 aliphatic heterocycles. The van der Waals surface area contributed by atoms with Gasteiger partial charge in [-0.05, 0) is 17.7 Å². The molecule has 2 rings (SSSR count). The Kier molecular flexibility index (Phi) is 2.96. The van der Waals surface area contributed by atoms with E-state index in [0.717, 1.165) is 10.0 Å². The van der Waals surface area contributed by atoms with Gasteiger partial charge in [-0.25, -0.2) is 0 Å². The number of hydrogen-bond donors (Lipinski definition) is 1. The highest BCUT2D eigenvalue weighted by Gasteiger charge is 2.31. The van der Waals surface area contributed by atoms with Crippen molar-refractivity contribution in [3.05, 3.63) is 28.2 Å². The summed E-state index contributed by atoms with van der Waals surface area (Å²) in [7, 11) is 1.33. The van der Waals surface area contributed by atoms with E-state index in [1.807, 2.05) is 12.1 Å². The number of nitrogens with one attached hydrogen (secondary N) is 1. The second kappa shape index (κ2) is 4.25. The van der Waals surface area contributed by atoms with Gasteiger partial charge in [0, 0.05) is 16.6 Å². The molecule has 1 aromatic rings. The molecular formula is C11H10BrNO3. The summed E-state index contributed by atoms with van der Waals surface area (Å²) in [5.41, 5.74) is 1.47. The zero-order chi connectivity index (χ0) is 11.7. The van der Waals surface area contributed by atoms with Gasteiger partial charge in [-0.2, -0.15) is 0 Å². The topological polar surface area (TPSA) is 55.4 Å². The summed E-state index contributed by atoms with van der Waals surface area (Å²) < 4.78 is 5.55. The number of anilines is 1. The van der Waals surface area contributed by atoms with E-state index in [4.69, 9.17) is 4.74 Å². The highest BCUT2D eigenvalue weighted by molar-refractivity contribution is 9.10. The van der Waals surface area contributed by atoms with E-state index in [2.05, 4.69) is 21.2 Å². The number of methoxy groups -OCH3 is 1. The molecule has 4 nitrogen and oxygen atoms in total. The van der Waals surface area contributed by atoms with Gasteiger partial charge in [-0.1, -0.05) is 22.0 Å². The van der Waals surface area contributed by atoms with Gasteiger partial charge in [0.15, 0.2) is 0 Å². The van der Waals surface area contributed by atoms with Crippen LogP contribution in [-0.2, 0) is 14.3 Å². The van der Waals surface area contributed by atoms with Crippen molar-refractivity contribution >= 4 is 33.5 Å². The fourth-order valence-electron chi connectivity index (χ4n) is 1.79. The first kappa shape index (κ1) is 11.1. The third kappa shape index (κ3) is 1.95. The predicted octanol–water partition coefficient (Wildman–Crippen LogP) is 2.05. The average molecular weight is 284 g/mol. The highest BCUT2D eigenvalue weighted by atomic mass is 79.9. The van der Waals surface area contributed by atoms with Crippen LogP contribution in [0.4, 0.5) is 5.69 Å². The van der Waals surface area contributed by atoms with Crippen molar-refractivity contribution in [3.63, 3.8) is 0 Å². The molecule has 0 aromatic heterocycles. The lowest BCUT2D eigenvalue weighted by Gasteiger charge is -2.23. The Morgan fingerprint density at radius 1 is 1.56 bits per heavy atom. The lowest BCUT2D eigenvalue weighted by molar-refractivity contribution is -0.143. The summed E-state index contributed by atoms with van der Waals surface area (Å²) >= 11 is 3.32. The number of ether oxygens (including phenoxy) is 1. The Labute approximate surface area is 101 Å². The number of hydrogen-bond acceptors (Lipinski definition) is 3. The molecule has 1 unspecified atom stereocenters. The number of esters is 1. The first-order valence-electron chi connectivity index (χ1n) is 4.79. The van der Waals surface area contributed by atoms with Gasteiger partial charge < -0.3 is 10.1 Å². The van der Waals surface area contributed by atoms with Crippen molar-refractivity contribution in [2.75, 3.05) is 12.4 Å². The number of benzene rings is 1. The van der Waals surface area contributed by atoms with Gasteiger partial charge in [-0.15, -0.1) is 0 Å². The fraction of sp³-hybridized carbons (Fsp3) is 0.273. The van der Waals surface area contributed by atoms with Crippen LogP contribution in [0.3, 0.4) is 0 Å². The number of halogens is 1. The number of carbonyl (C=O) groups is 2. The Balaban J connectivity index is 2.45. The second-order valence-electron chi connectivity index (χ2n) is 3.56. The zero-order valence-electron chi connectivity index (χ0n) is 8.62. The van der Waals surface area contributed by atoms with Gasteiger partial charge >= 0.3 is 5.97 Å².